The molecule has 0 spiro atoms. The molecule has 6 heteroatoms. The zero-order valence-electron chi connectivity index (χ0n) is 9.34. The van der Waals surface area contributed by atoms with Gasteiger partial charge in [-0.2, -0.15) is 0 Å². The van der Waals surface area contributed by atoms with Crippen LogP contribution in [0.4, 0.5) is 0 Å². The summed E-state index contributed by atoms with van der Waals surface area (Å²) < 4.78 is 10.6. The van der Waals surface area contributed by atoms with Crippen LogP contribution in [0.2, 0.25) is 0 Å². The highest BCUT2D eigenvalue weighted by molar-refractivity contribution is 5.66. The number of carbonyl (C=O) groups is 1. The Bertz CT molecular complexity index is 515. The van der Waals surface area contributed by atoms with Crippen molar-refractivity contribution in [3.8, 4) is 11.5 Å². The molecule has 2 heterocycles. The molecule has 0 amide bonds. The molecule has 0 bridgehead atoms. The summed E-state index contributed by atoms with van der Waals surface area (Å²) >= 11 is 0. The van der Waals surface area contributed by atoms with Crippen LogP contribution < -0.4 is 0 Å². The molecule has 0 saturated heterocycles. The van der Waals surface area contributed by atoms with E-state index < -0.39 is 5.97 Å². The molecule has 0 unspecified atom stereocenters. The van der Waals surface area contributed by atoms with Crippen LogP contribution in [0.1, 0.15) is 24.5 Å². The Balaban J connectivity index is 2.01. The molecule has 0 aromatic carbocycles. The minimum Gasteiger partial charge on any atom is -0.481 e. The van der Waals surface area contributed by atoms with E-state index in [1.807, 2.05) is 6.92 Å². The van der Waals surface area contributed by atoms with Crippen molar-refractivity contribution in [1.29, 1.82) is 0 Å². The molecule has 1 N–H and O–H groups in total. The molecule has 0 atom stereocenters. The summed E-state index contributed by atoms with van der Waals surface area (Å²) in [6.45, 7) is 1.81. The lowest BCUT2D eigenvalue weighted by Crippen LogP contribution is -1.95. The molecule has 0 saturated carbocycles. The highest BCUT2D eigenvalue weighted by Gasteiger charge is 2.12. The Morgan fingerprint density at radius 1 is 1.47 bits per heavy atom. The summed E-state index contributed by atoms with van der Waals surface area (Å²) in [7, 11) is 0. The van der Waals surface area contributed by atoms with Gasteiger partial charge >= 0.3 is 5.97 Å². The SMILES string of the molecule is Cc1occc1-c1nnc(CCCC(=O)O)o1. The first-order valence-electron chi connectivity index (χ1n) is 5.25. The molecule has 0 aliphatic rings. The fraction of sp³-hybridized carbons (Fsp3) is 0.364. The van der Waals surface area contributed by atoms with Crippen LogP contribution in [-0.2, 0) is 11.2 Å². The summed E-state index contributed by atoms with van der Waals surface area (Å²) in [6.07, 6.45) is 2.61. The van der Waals surface area contributed by atoms with Gasteiger partial charge in [0.1, 0.15) is 5.76 Å². The summed E-state index contributed by atoms with van der Waals surface area (Å²) in [4.78, 5) is 10.3. The molecule has 2 rings (SSSR count). The lowest BCUT2D eigenvalue weighted by Gasteiger charge is -1.92. The van der Waals surface area contributed by atoms with Gasteiger partial charge in [-0.1, -0.05) is 0 Å². The van der Waals surface area contributed by atoms with E-state index in [9.17, 15) is 4.79 Å². The van der Waals surface area contributed by atoms with E-state index in [2.05, 4.69) is 10.2 Å². The number of hydrogen-bond donors (Lipinski definition) is 1. The molecule has 6 nitrogen and oxygen atoms in total. The molecule has 0 fully saturated rings. The maximum Gasteiger partial charge on any atom is 0.303 e. The normalized spacial score (nSPS) is 10.6. The highest BCUT2D eigenvalue weighted by atomic mass is 16.4. The Morgan fingerprint density at radius 2 is 2.29 bits per heavy atom. The van der Waals surface area contributed by atoms with Crippen molar-refractivity contribution in [1.82, 2.24) is 10.2 Å². The second kappa shape index (κ2) is 4.82. The summed E-state index contributed by atoms with van der Waals surface area (Å²) in [5.41, 5.74) is 0.766. The number of aliphatic carboxylic acids is 1. The van der Waals surface area contributed by atoms with Crippen LogP contribution >= 0.6 is 0 Å². The predicted octanol–water partition coefficient (Wildman–Crippen LogP) is 2.05. The minimum atomic E-state index is -0.824. The van der Waals surface area contributed by atoms with Gasteiger partial charge in [0.15, 0.2) is 0 Å². The second-order valence-corrected chi connectivity index (χ2v) is 3.64. The first-order chi connectivity index (χ1) is 8.16. The topological polar surface area (TPSA) is 89.4 Å². The molecule has 2 aromatic rings. The smallest absolute Gasteiger partial charge is 0.303 e. The number of aromatic nitrogens is 2. The molecule has 0 aliphatic heterocycles. The van der Waals surface area contributed by atoms with E-state index in [1.54, 1.807) is 12.3 Å². The summed E-state index contributed by atoms with van der Waals surface area (Å²) in [6, 6.07) is 1.75. The van der Waals surface area contributed by atoms with E-state index in [-0.39, 0.29) is 6.42 Å². The largest absolute Gasteiger partial charge is 0.481 e. The van der Waals surface area contributed by atoms with Gasteiger partial charge in [-0.3, -0.25) is 4.79 Å². The lowest BCUT2D eigenvalue weighted by atomic mass is 10.2. The Labute approximate surface area is 97.3 Å². The molecule has 0 aliphatic carbocycles. The molecule has 2 aromatic heterocycles. The van der Waals surface area contributed by atoms with Crippen molar-refractivity contribution >= 4 is 5.97 Å². The van der Waals surface area contributed by atoms with Gasteiger partial charge in [-0.25, -0.2) is 0 Å². The van der Waals surface area contributed by atoms with Crippen LogP contribution in [0.15, 0.2) is 21.2 Å². The average molecular weight is 236 g/mol. The van der Waals surface area contributed by atoms with Gasteiger partial charge in [0.2, 0.25) is 5.89 Å². The predicted molar refractivity (Wildman–Crippen MR) is 57.3 cm³/mol. The van der Waals surface area contributed by atoms with Crippen LogP contribution in [0.3, 0.4) is 0 Å². The monoisotopic (exact) mass is 236 g/mol. The van der Waals surface area contributed by atoms with Crippen molar-refractivity contribution in [3.63, 3.8) is 0 Å². The second-order valence-electron chi connectivity index (χ2n) is 3.64. The number of carboxylic acids is 1. The zero-order valence-corrected chi connectivity index (χ0v) is 9.34. The number of hydrogen-bond acceptors (Lipinski definition) is 5. The van der Waals surface area contributed by atoms with Gasteiger partial charge in [-0.05, 0) is 19.4 Å². The Morgan fingerprint density at radius 3 is 2.94 bits per heavy atom. The van der Waals surface area contributed by atoms with E-state index >= 15 is 0 Å². The molecular formula is C11H12N2O4. The number of rotatable bonds is 5. The standard InChI is InChI=1S/C11H12N2O4/c1-7-8(5-6-16-7)11-13-12-9(17-11)3-2-4-10(14)15/h5-6H,2-4H2,1H3,(H,14,15). The van der Waals surface area contributed by atoms with E-state index in [0.29, 0.717) is 30.4 Å². The van der Waals surface area contributed by atoms with Crippen LogP contribution in [0.25, 0.3) is 11.5 Å². The fourth-order valence-corrected chi connectivity index (χ4v) is 1.46. The maximum atomic E-state index is 10.3. The van der Waals surface area contributed by atoms with Crippen LogP contribution in [0, 0.1) is 6.92 Å². The molecule has 0 radical (unpaired) electrons. The van der Waals surface area contributed by atoms with Crippen molar-refractivity contribution in [2.45, 2.75) is 26.2 Å². The zero-order chi connectivity index (χ0) is 12.3. The first-order valence-corrected chi connectivity index (χ1v) is 5.25. The van der Waals surface area contributed by atoms with E-state index in [0.717, 1.165) is 5.56 Å². The van der Waals surface area contributed by atoms with Crippen molar-refractivity contribution in [2.75, 3.05) is 0 Å². The number of aryl methyl sites for hydroxylation is 2. The van der Waals surface area contributed by atoms with Gasteiger partial charge in [0.05, 0.1) is 11.8 Å². The third kappa shape index (κ3) is 2.72. The Kier molecular flexibility index (Phi) is 3.22. The van der Waals surface area contributed by atoms with Crippen LogP contribution in [-0.4, -0.2) is 21.3 Å². The first kappa shape index (κ1) is 11.4. The lowest BCUT2D eigenvalue weighted by molar-refractivity contribution is -0.137. The summed E-state index contributed by atoms with van der Waals surface area (Å²) in [5, 5.41) is 16.3. The van der Waals surface area contributed by atoms with Gasteiger partial charge in [0.25, 0.3) is 5.89 Å². The van der Waals surface area contributed by atoms with Crippen molar-refractivity contribution in [3.05, 3.63) is 24.0 Å². The average Bonchev–Trinajstić information content (AvgIpc) is 2.86. The number of carboxylic acid groups (broad SMARTS) is 1. The maximum absolute atomic E-state index is 10.3. The van der Waals surface area contributed by atoms with Crippen molar-refractivity contribution in [2.24, 2.45) is 0 Å². The highest BCUT2D eigenvalue weighted by Crippen LogP contribution is 2.22. The van der Waals surface area contributed by atoms with Crippen LogP contribution in [0.5, 0.6) is 0 Å². The molecule has 90 valence electrons. The van der Waals surface area contributed by atoms with Gasteiger partial charge < -0.3 is 13.9 Å². The van der Waals surface area contributed by atoms with E-state index in [1.165, 1.54) is 0 Å². The Hall–Kier alpha value is -2.11. The molecule has 17 heavy (non-hydrogen) atoms. The minimum absolute atomic E-state index is 0.0997. The summed E-state index contributed by atoms with van der Waals surface area (Å²) in [5.74, 6) is 0.740. The number of nitrogens with zero attached hydrogens (tertiary/aromatic N) is 2. The van der Waals surface area contributed by atoms with Gasteiger partial charge in [0, 0.05) is 12.8 Å². The quantitative estimate of drug-likeness (QED) is 0.854. The fourth-order valence-electron chi connectivity index (χ4n) is 1.46. The van der Waals surface area contributed by atoms with E-state index in [4.69, 9.17) is 13.9 Å². The van der Waals surface area contributed by atoms with Crippen molar-refractivity contribution < 1.29 is 18.7 Å². The number of furan rings is 1. The third-order valence-corrected chi connectivity index (χ3v) is 2.34. The van der Waals surface area contributed by atoms with Gasteiger partial charge in [-0.15, -0.1) is 10.2 Å². The molecular weight excluding hydrogens is 224 g/mol. The third-order valence-electron chi connectivity index (χ3n) is 2.34.